The molecule has 0 radical (unpaired) electrons. The predicted molar refractivity (Wildman–Crippen MR) is 166 cm³/mol. The lowest BCUT2D eigenvalue weighted by Gasteiger charge is -2.32. The molecule has 1 N–H and O–H groups in total. The van der Waals surface area contributed by atoms with E-state index in [1.807, 2.05) is 51.1 Å². The van der Waals surface area contributed by atoms with Crippen molar-refractivity contribution in [1.82, 2.24) is 10.2 Å². The minimum absolute atomic E-state index is 0.0885. The van der Waals surface area contributed by atoms with Crippen LogP contribution in [0.25, 0.3) is 0 Å². The van der Waals surface area contributed by atoms with Crippen LogP contribution in [-0.2, 0) is 26.2 Å². The van der Waals surface area contributed by atoms with Gasteiger partial charge >= 0.3 is 0 Å². The van der Waals surface area contributed by atoms with Gasteiger partial charge in [0.25, 0.3) is 10.0 Å². The number of carbonyl (C=O) groups is 2. The Balaban J connectivity index is 2.06. The highest BCUT2D eigenvalue weighted by Crippen LogP contribution is 2.33. The molecule has 0 heterocycles. The quantitative estimate of drug-likeness (QED) is 0.267. The zero-order valence-corrected chi connectivity index (χ0v) is 26.4. The Labute approximate surface area is 254 Å². The fourth-order valence-electron chi connectivity index (χ4n) is 4.34. The van der Waals surface area contributed by atoms with Crippen molar-refractivity contribution < 1.29 is 32.2 Å². The van der Waals surface area contributed by atoms with E-state index in [0.717, 1.165) is 16.3 Å². The average molecular weight is 612 g/mol. The van der Waals surface area contributed by atoms with Crippen molar-refractivity contribution >= 4 is 27.5 Å². The molecule has 0 fully saturated rings. The van der Waals surface area contributed by atoms with Crippen molar-refractivity contribution in [2.24, 2.45) is 0 Å². The van der Waals surface area contributed by atoms with E-state index < -0.39 is 28.5 Å². The molecule has 0 aliphatic heterocycles. The first-order valence-corrected chi connectivity index (χ1v) is 15.6. The molecule has 0 unspecified atom stereocenters. The molecule has 11 heteroatoms. The largest absolute Gasteiger partial charge is 0.494 e. The molecule has 3 rings (SSSR count). The van der Waals surface area contributed by atoms with Crippen LogP contribution in [0.2, 0.25) is 0 Å². The number of rotatable bonds is 15. The molecule has 0 spiro atoms. The van der Waals surface area contributed by atoms with Crippen molar-refractivity contribution in [3.8, 4) is 17.2 Å². The lowest BCUT2D eigenvalue weighted by atomic mass is 10.1. The first-order valence-electron chi connectivity index (χ1n) is 14.2. The van der Waals surface area contributed by atoms with Gasteiger partial charge < -0.3 is 24.4 Å². The van der Waals surface area contributed by atoms with Crippen LogP contribution in [-0.4, -0.2) is 64.6 Å². The van der Waals surface area contributed by atoms with E-state index in [9.17, 15) is 18.0 Å². The van der Waals surface area contributed by atoms with Crippen LogP contribution in [0.3, 0.4) is 0 Å². The Kier molecular flexibility index (Phi) is 11.8. The van der Waals surface area contributed by atoms with Gasteiger partial charge in [0.15, 0.2) is 11.5 Å². The first kappa shape index (κ1) is 33.3. The molecular formula is C32H41N3O7S. The molecule has 0 aliphatic rings. The molecule has 232 valence electrons. The van der Waals surface area contributed by atoms with Gasteiger partial charge in [0.05, 0.1) is 31.4 Å². The van der Waals surface area contributed by atoms with Crippen LogP contribution in [0.5, 0.6) is 17.2 Å². The molecule has 0 saturated heterocycles. The molecule has 10 nitrogen and oxygen atoms in total. The Hall–Kier alpha value is -4.25. The molecule has 0 bridgehead atoms. The first-order chi connectivity index (χ1) is 20.5. The van der Waals surface area contributed by atoms with Crippen molar-refractivity contribution in [2.45, 2.75) is 57.6 Å². The third-order valence-electron chi connectivity index (χ3n) is 7.02. The van der Waals surface area contributed by atoms with Crippen molar-refractivity contribution in [3.05, 3.63) is 78.4 Å². The Morgan fingerprint density at radius 1 is 0.884 bits per heavy atom. The lowest BCUT2D eigenvalue weighted by Crippen LogP contribution is -2.52. The predicted octanol–water partition coefficient (Wildman–Crippen LogP) is 4.63. The van der Waals surface area contributed by atoms with Gasteiger partial charge in [-0.05, 0) is 69.2 Å². The van der Waals surface area contributed by atoms with Gasteiger partial charge in [-0.2, -0.15) is 0 Å². The highest BCUT2D eigenvalue weighted by atomic mass is 32.2. The third kappa shape index (κ3) is 8.41. The smallest absolute Gasteiger partial charge is 0.264 e. The van der Waals surface area contributed by atoms with Crippen LogP contribution >= 0.6 is 0 Å². The van der Waals surface area contributed by atoms with E-state index in [2.05, 4.69) is 5.32 Å². The van der Waals surface area contributed by atoms with Crippen molar-refractivity contribution in [1.29, 1.82) is 0 Å². The molecule has 43 heavy (non-hydrogen) atoms. The van der Waals surface area contributed by atoms with Gasteiger partial charge in [0.2, 0.25) is 11.8 Å². The summed E-state index contributed by atoms with van der Waals surface area (Å²) in [4.78, 5) is 28.6. The topological polar surface area (TPSA) is 114 Å². The van der Waals surface area contributed by atoms with E-state index in [-0.39, 0.29) is 34.8 Å². The van der Waals surface area contributed by atoms with E-state index in [0.29, 0.717) is 18.1 Å². The molecule has 0 aliphatic carbocycles. The summed E-state index contributed by atoms with van der Waals surface area (Å²) in [5, 5.41) is 2.93. The molecule has 3 aromatic rings. The summed E-state index contributed by atoms with van der Waals surface area (Å²) in [7, 11) is -1.43. The Morgan fingerprint density at radius 2 is 1.53 bits per heavy atom. The minimum atomic E-state index is -4.30. The van der Waals surface area contributed by atoms with Crippen LogP contribution < -0.4 is 23.8 Å². The van der Waals surface area contributed by atoms with E-state index >= 15 is 0 Å². The normalized spacial score (nSPS) is 12.5. The number of carbonyl (C=O) groups excluding carboxylic acids is 2. The van der Waals surface area contributed by atoms with E-state index in [4.69, 9.17) is 14.2 Å². The van der Waals surface area contributed by atoms with Crippen LogP contribution in [0.1, 0.15) is 39.7 Å². The SMILES string of the molecule is CCOc1ccc(N(CC(=O)N(Cc2ccccc2)[C@@H](C)C(=O)N[C@H](C)CC)S(=O)(=O)c2ccc(OC)c(OC)c2)cc1. The average Bonchev–Trinajstić information content (AvgIpc) is 3.02. The zero-order chi connectivity index (χ0) is 31.6. The summed E-state index contributed by atoms with van der Waals surface area (Å²) in [5.74, 6) is 0.271. The molecule has 2 amide bonds. The maximum Gasteiger partial charge on any atom is 0.264 e. The second-order valence-electron chi connectivity index (χ2n) is 9.96. The number of ether oxygens (including phenoxy) is 3. The molecule has 2 atom stereocenters. The van der Waals surface area contributed by atoms with Gasteiger partial charge in [-0.3, -0.25) is 13.9 Å². The van der Waals surface area contributed by atoms with Gasteiger partial charge in [0.1, 0.15) is 18.3 Å². The van der Waals surface area contributed by atoms with Gasteiger partial charge in [-0.15, -0.1) is 0 Å². The summed E-state index contributed by atoms with van der Waals surface area (Å²) in [5.41, 5.74) is 1.05. The summed E-state index contributed by atoms with van der Waals surface area (Å²) < 4.78 is 45.5. The van der Waals surface area contributed by atoms with Crippen molar-refractivity contribution in [2.75, 3.05) is 31.7 Å². The number of amides is 2. The summed E-state index contributed by atoms with van der Waals surface area (Å²) in [6, 6.07) is 19.0. The molecule has 3 aromatic carbocycles. The van der Waals surface area contributed by atoms with Crippen LogP contribution in [0.15, 0.2) is 77.7 Å². The summed E-state index contributed by atoms with van der Waals surface area (Å²) in [6.07, 6.45) is 0.722. The Bertz CT molecular complexity index is 1460. The number of nitrogens with one attached hydrogen (secondary N) is 1. The fourth-order valence-corrected chi connectivity index (χ4v) is 5.77. The summed E-state index contributed by atoms with van der Waals surface area (Å²) >= 11 is 0. The second kappa shape index (κ2) is 15.3. The van der Waals surface area contributed by atoms with Crippen LogP contribution in [0, 0.1) is 0 Å². The fraction of sp³-hybridized carbons (Fsp3) is 0.375. The maximum atomic E-state index is 14.2. The number of hydrogen-bond acceptors (Lipinski definition) is 7. The third-order valence-corrected chi connectivity index (χ3v) is 8.79. The van der Waals surface area contributed by atoms with Gasteiger partial charge in [0, 0.05) is 18.7 Å². The number of nitrogens with zero attached hydrogens (tertiary/aromatic N) is 2. The minimum Gasteiger partial charge on any atom is -0.494 e. The van der Waals surface area contributed by atoms with Gasteiger partial charge in [-0.1, -0.05) is 37.3 Å². The standard InChI is InChI=1S/C32H41N3O7S/c1-7-23(3)33-32(37)24(4)34(21-25-12-10-9-11-13-25)31(36)22-35(26-14-16-27(17-15-26)42-8-2)43(38,39)28-18-19-29(40-5)30(20-28)41-6/h9-20,23-24H,7-8,21-22H2,1-6H3,(H,33,37)/t23-,24+/m1/s1. The van der Waals surface area contributed by atoms with Gasteiger partial charge in [-0.25, -0.2) is 8.42 Å². The number of sulfonamides is 1. The summed E-state index contributed by atoms with van der Waals surface area (Å²) in [6.45, 7) is 7.33. The molecular weight excluding hydrogens is 570 g/mol. The lowest BCUT2D eigenvalue weighted by molar-refractivity contribution is -0.139. The Morgan fingerprint density at radius 3 is 2.12 bits per heavy atom. The number of anilines is 1. The molecule has 0 aromatic heterocycles. The van der Waals surface area contributed by atoms with E-state index in [1.54, 1.807) is 31.2 Å². The number of methoxy groups -OCH3 is 2. The van der Waals surface area contributed by atoms with Crippen molar-refractivity contribution in [3.63, 3.8) is 0 Å². The zero-order valence-electron chi connectivity index (χ0n) is 25.6. The van der Waals surface area contributed by atoms with E-state index in [1.165, 1.54) is 37.3 Å². The van der Waals surface area contributed by atoms with Crippen LogP contribution in [0.4, 0.5) is 5.69 Å². The number of benzene rings is 3. The highest BCUT2D eigenvalue weighted by Gasteiger charge is 2.33. The number of hydrogen-bond donors (Lipinski definition) is 1. The monoisotopic (exact) mass is 611 g/mol. The molecule has 0 saturated carbocycles. The second-order valence-corrected chi connectivity index (χ2v) is 11.8. The highest BCUT2D eigenvalue weighted by molar-refractivity contribution is 7.92. The maximum absolute atomic E-state index is 14.2.